The van der Waals surface area contributed by atoms with E-state index in [0.29, 0.717) is 6.04 Å². The topological polar surface area (TPSA) is 12.0 Å². The van der Waals surface area contributed by atoms with Crippen LogP contribution in [0.3, 0.4) is 0 Å². The van der Waals surface area contributed by atoms with Crippen molar-refractivity contribution >= 4 is 21.4 Å². The second kappa shape index (κ2) is 6.50. The number of hydrogen-bond donors (Lipinski definition) is 1. The molecule has 1 aromatic heterocycles. The molecule has 0 fully saturated rings. The number of rotatable bonds is 5. The van der Waals surface area contributed by atoms with Gasteiger partial charge in [0.2, 0.25) is 0 Å². The molecule has 2 heteroatoms. The van der Waals surface area contributed by atoms with Crippen molar-refractivity contribution in [3.8, 4) is 0 Å². The normalized spacial score (nSPS) is 12.5. The molecule has 0 aliphatic carbocycles. The third-order valence-electron chi connectivity index (χ3n) is 3.91. The molecule has 21 heavy (non-hydrogen) atoms. The largest absolute Gasteiger partial charge is 0.310 e. The quantitative estimate of drug-likeness (QED) is 0.752. The van der Waals surface area contributed by atoms with Gasteiger partial charge in [-0.15, -0.1) is 11.3 Å². The first-order valence-corrected chi connectivity index (χ1v) is 8.92. The molecule has 0 radical (unpaired) electrons. The second-order valence-corrected chi connectivity index (χ2v) is 8.39. The molecule has 2 aromatic rings. The molecular formula is C19H29NS. The summed E-state index contributed by atoms with van der Waals surface area (Å²) in [5, 5.41) is 5.06. The minimum Gasteiger partial charge on any atom is -0.310 e. The highest BCUT2D eigenvalue weighted by Gasteiger charge is 2.17. The van der Waals surface area contributed by atoms with Crippen molar-refractivity contribution in [1.29, 1.82) is 0 Å². The Hall–Kier alpha value is -0.860. The van der Waals surface area contributed by atoms with Crippen LogP contribution in [0.2, 0.25) is 0 Å². The lowest BCUT2D eigenvalue weighted by atomic mass is 9.86. The van der Waals surface area contributed by atoms with E-state index in [1.165, 1.54) is 33.4 Å². The predicted octanol–water partition coefficient (Wildman–Crippen LogP) is 5.65. The van der Waals surface area contributed by atoms with Gasteiger partial charge in [-0.3, -0.25) is 0 Å². The van der Waals surface area contributed by atoms with Crippen molar-refractivity contribution in [2.24, 2.45) is 0 Å². The molecule has 1 aromatic carbocycles. The first kappa shape index (κ1) is 16.5. The Morgan fingerprint density at radius 1 is 1.19 bits per heavy atom. The van der Waals surface area contributed by atoms with Gasteiger partial charge in [0.25, 0.3) is 0 Å². The average Bonchev–Trinajstić information content (AvgIpc) is 2.73. The number of nitrogens with one attached hydrogen (secondary N) is 1. The van der Waals surface area contributed by atoms with Crippen molar-refractivity contribution in [3.05, 3.63) is 34.2 Å². The standard InChI is InChI=1S/C19H29NS/c1-7-8-15-16-11-14(19(4,5)6)9-10-17(16)21-18(15)12-20-13(2)3/h9-11,13,20H,7-8,12H2,1-6H3. The Labute approximate surface area is 133 Å². The SMILES string of the molecule is CCCc1c(CNC(C)C)sc2ccc(C(C)(C)C)cc12. The van der Waals surface area contributed by atoms with E-state index in [1.807, 2.05) is 11.3 Å². The van der Waals surface area contributed by atoms with Crippen LogP contribution < -0.4 is 5.32 Å². The Morgan fingerprint density at radius 2 is 1.90 bits per heavy atom. The van der Waals surface area contributed by atoms with Gasteiger partial charge in [0.15, 0.2) is 0 Å². The summed E-state index contributed by atoms with van der Waals surface area (Å²) in [5.41, 5.74) is 3.22. The van der Waals surface area contributed by atoms with Crippen LogP contribution >= 0.6 is 11.3 Å². The maximum Gasteiger partial charge on any atom is 0.0349 e. The molecule has 0 unspecified atom stereocenters. The molecule has 0 aliphatic heterocycles. The lowest BCUT2D eigenvalue weighted by Crippen LogP contribution is -2.21. The van der Waals surface area contributed by atoms with Crippen LogP contribution in [0.1, 0.15) is 64.0 Å². The average molecular weight is 304 g/mol. The van der Waals surface area contributed by atoms with Crippen LogP contribution in [0.25, 0.3) is 10.1 Å². The zero-order valence-corrected chi connectivity index (χ0v) is 15.2. The van der Waals surface area contributed by atoms with Crippen LogP contribution in [0.5, 0.6) is 0 Å². The van der Waals surface area contributed by atoms with Crippen LogP contribution in [-0.2, 0) is 18.4 Å². The lowest BCUT2D eigenvalue weighted by molar-refractivity contribution is 0.590. The van der Waals surface area contributed by atoms with E-state index in [9.17, 15) is 0 Å². The maximum atomic E-state index is 3.58. The van der Waals surface area contributed by atoms with Crippen molar-refractivity contribution < 1.29 is 0 Å². The van der Waals surface area contributed by atoms with Gasteiger partial charge in [0, 0.05) is 22.2 Å². The van der Waals surface area contributed by atoms with Crippen LogP contribution in [0, 0.1) is 0 Å². The summed E-state index contributed by atoms with van der Waals surface area (Å²) in [6.07, 6.45) is 2.39. The number of benzene rings is 1. The zero-order chi connectivity index (χ0) is 15.6. The molecule has 0 aliphatic rings. The highest BCUT2D eigenvalue weighted by atomic mass is 32.1. The molecule has 1 N–H and O–H groups in total. The summed E-state index contributed by atoms with van der Waals surface area (Å²) in [4.78, 5) is 1.52. The summed E-state index contributed by atoms with van der Waals surface area (Å²) < 4.78 is 1.44. The fourth-order valence-electron chi connectivity index (χ4n) is 2.63. The van der Waals surface area contributed by atoms with E-state index in [2.05, 4.69) is 65.1 Å². The van der Waals surface area contributed by atoms with Crippen LogP contribution in [0.4, 0.5) is 0 Å². The van der Waals surface area contributed by atoms with E-state index < -0.39 is 0 Å². The van der Waals surface area contributed by atoms with Crippen molar-refractivity contribution in [2.75, 3.05) is 0 Å². The maximum absolute atomic E-state index is 3.58. The fraction of sp³-hybridized carbons (Fsp3) is 0.579. The van der Waals surface area contributed by atoms with E-state index in [1.54, 1.807) is 5.56 Å². The third-order valence-corrected chi connectivity index (χ3v) is 5.12. The third kappa shape index (κ3) is 3.87. The highest BCUT2D eigenvalue weighted by Crippen LogP contribution is 2.35. The number of aryl methyl sites for hydroxylation is 1. The first-order chi connectivity index (χ1) is 9.82. The summed E-state index contributed by atoms with van der Waals surface area (Å²) in [5.74, 6) is 0. The fourth-order valence-corrected chi connectivity index (χ4v) is 3.81. The molecule has 0 spiro atoms. The van der Waals surface area contributed by atoms with Crippen LogP contribution in [0.15, 0.2) is 18.2 Å². The Balaban J connectivity index is 2.48. The molecule has 0 saturated heterocycles. The van der Waals surface area contributed by atoms with Crippen molar-refractivity contribution in [3.63, 3.8) is 0 Å². The Bertz CT molecular complexity index is 602. The zero-order valence-electron chi connectivity index (χ0n) is 14.3. The van der Waals surface area contributed by atoms with E-state index in [-0.39, 0.29) is 5.41 Å². The summed E-state index contributed by atoms with van der Waals surface area (Å²) in [6.45, 7) is 14.6. The van der Waals surface area contributed by atoms with Gasteiger partial charge in [0.05, 0.1) is 0 Å². The molecule has 1 heterocycles. The lowest BCUT2D eigenvalue weighted by Gasteiger charge is -2.19. The highest BCUT2D eigenvalue weighted by molar-refractivity contribution is 7.19. The Kier molecular flexibility index (Phi) is 5.11. The molecule has 0 atom stereocenters. The predicted molar refractivity (Wildman–Crippen MR) is 96.5 cm³/mol. The number of fused-ring (bicyclic) bond motifs is 1. The molecule has 0 amide bonds. The summed E-state index contributed by atoms with van der Waals surface area (Å²) in [7, 11) is 0. The van der Waals surface area contributed by atoms with Gasteiger partial charge in [-0.1, -0.05) is 54.0 Å². The van der Waals surface area contributed by atoms with E-state index >= 15 is 0 Å². The van der Waals surface area contributed by atoms with E-state index in [4.69, 9.17) is 0 Å². The molecular weight excluding hydrogens is 274 g/mol. The smallest absolute Gasteiger partial charge is 0.0349 e. The molecule has 116 valence electrons. The molecule has 0 saturated carbocycles. The summed E-state index contributed by atoms with van der Waals surface area (Å²) in [6, 6.07) is 7.58. The Morgan fingerprint density at radius 3 is 2.48 bits per heavy atom. The van der Waals surface area contributed by atoms with Gasteiger partial charge in [-0.25, -0.2) is 0 Å². The van der Waals surface area contributed by atoms with Crippen molar-refractivity contribution in [1.82, 2.24) is 5.32 Å². The monoisotopic (exact) mass is 303 g/mol. The first-order valence-electron chi connectivity index (χ1n) is 8.11. The minimum atomic E-state index is 0.218. The summed E-state index contributed by atoms with van der Waals surface area (Å²) >= 11 is 1.96. The van der Waals surface area contributed by atoms with Crippen molar-refractivity contribution in [2.45, 2.75) is 72.4 Å². The van der Waals surface area contributed by atoms with Gasteiger partial charge < -0.3 is 5.32 Å². The number of thiophene rings is 1. The van der Waals surface area contributed by atoms with Gasteiger partial charge in [0.1, 0.15) is 0 Å². The molecule has 0 bridgehead atoms. The van der Waals surface area contributed by atoms with E-state index in [0.717, 1.165) is 6.54 Å². The van der Waals surface area contributed by atoms with Gasteiger partial charge in [-0.05, 0) is 40.5 Å². The minimum absolute atomic E-state index is 0.218. The van der Waals surface area contributed by atoms with Crippen LogP contribution in [-0.4, -0.2) is 6.04 Å². The molecule has 1 nitrogen and oxygen atoms in total. The van der Waals surface area contributed by atoms with Gasteiger partial charge >= 0.3 is 0 Å². The number of hydrogen-bond acceptors (Lipinski definition) is 2. The molecule has 2 rings (SSSR count). The van der Waals surface area contributed by atoms with Gasteiger partial charge in [-0.2, -0.15) is 0 Å². The second-order valence-electron chi connectivity index (χ2n) is 7.25.